The van der Waals surface area contributed by atoms with Gasteiger partial charge < -0.3 is 4.90 Å². The van der Waals surface area contributed by atoms with Crippen molar-refractivity contribution in [1.29, 1.82) is 0 Å². The van der Waals surface area contributed by atoms with Crippen molar-refractivity contribution in [2.75, 3.05) is 4.90 Å². The molecule has 0 N–H and O–H groups in total. The minimum absolute atomic E-state index is 0.0000310. The molecule has 4 aliphatic rings. The van der Waals surface area contributed by atoms with Crippen LogP contribution in [0, 0.1) is 5.92 Å². The van der Waals surface area contributed by atoms with Crippen molar-refractivity contribution in [2.45, 2.75) is 64.7 Å². The van der Waals surface area contributed by atoms with Crippen LogP contribution in [0.15, 0.2) is 199 Å². The van der Waals surface area contributed by atoms with Crippen LogP contribution in [0.2, 0.25) is 0 Å². The highest BCUT2D eigenvalue weighted by Crippen LogP contribution is 2.53. The Morgan fingerprint density at radius 1 is 0.468 bits per heavy atom. The van der Waals surface area contributed by atoms with Gasteiger partial charge in [0.2, 0.25) is 0 Å². The average Bonchev–Trinajstić information content (AvgIpc) is 3.68. The van der Waals surface area contributed by atoms with Gasteiger partial charge in [0.25, 0.3) is 0 Å². The largest absolute Gasteiger partial charge is 0.311 e. The second kappa shape index (κ2) is 14.7. The van der Waals surface area contributed by atoms with Gasteiger partial charge in [0.1, 0.15) is 0 Å². The van der Waals surface area contributed by atoms with Gasteiger partial charge in [-0.1, -0.05) is 180 Å². The van der Waals surface area contributed by atoms with Crippen LogP contribution < -0.4 is 4.90 Å². The Bertz CT molecular complexity index is 2990. The molecule has 0 fully saturated rings. The van der Waals surface area contributed by atoms with E-state index in [4.69, 9.17) is 0 Å². The first-order chi connectivity index (χ1) is 30.1. The smallest absolute Gasteiger partial charge is 0.0462 e. The van der Waals surface area contributed by atoms with Gasteiger partial charge in [-0.2, -0.15) is 0 Å². The quantitative estimate of drug-likeness (QED) is 0.155. The van der Waals surface area contributed by atoms with E-state index in [9.17, 15) is 0 Å². The zero-order valence-electron chi connectivity index (χ0n) is 36.5. The van der Waals surface area contributed by atoms with Gasteiger partial charge in [-0.05, 0) is 157 Å². The van der Waals surface area contributed by atoms with Gasteiger partial charge in [0.05, 0.1) is 0 Å². The Morgan fingerprint density at radius 3 is 1.47 bits per heavy atom. The predicted octanol–water partition coefficient (Wildman–Crippen LogP) is 16.9. The van der Waals surface area contributed by atoms with E-state index in [-0.39, 0.29) is 10.8 Å². The fraction of sp³-hybridized carbons (Fsp3) is 0.180. The number of benzene rings is 7. The molecule has 1 heteroatoms. The summed E-state index contributed by atoms with van der Waals surface area (Å²) >= 11 is 0. The normalized spacial score (nSPS) is 17.7. The third-order valence-corrected chi connectivity index (χ3v) is 14.4. The summed E-state index contributed by atoms with van der Waals surface area (Å²) in [6, 6.07) is 61.2. The Labute approximate surface area is 368 Å². The lowest BCUT2D eigenvalue weighted by molar-refractivity contribution is 0.607. The highest BCUT2D eigenvalue weighted by atomic mass is 15.1. The second-order valence-corrected chi connectivity index (χ2v) is 19.0. The molecule has 0 spiro atoms. The van der Waals surface area contributed by atoms with Crippen molar-refractivity contribution in [3.05, 3.63) is 221 Å². The molecule has 0 amide bonds. The molecular weight excluding hydrogens is 747 g/mol. The molecular formula is C61H53N. The van der Waals surface area contributed by atoms with Gasteiger partial charge in [0, 0.05) is 27.9 Å². The molecule has 0 aliphatic heterocycles. The maximum absolute atomic E-state index is 2.45. The average molecular weight is 800 g/mol. The number of fused-ring (bicyclic) bond motifs is 4. The van der Waals surface area contributed by atoms with E-state index in [2.05, 4.69) is 228 Å². The topological polar surface area (TPSA) is 3.24 Å². The van der Waals surface area contributed by atoms with Gasteiger partial charge in [-0.25, -0.2) is 0 Å². The van der Waals surface area contributed by atoms with Gasteiger partial charge in [0.15, 0.2) is 0 Å². The van der Waals surface area contributed by atoms with E-state index in [0.29, 0.717) is 5.92 Å². The van der Waals surface area contributed by atoms with E-state index in [1.54, 1.807) is 5.57 Å². The summed E-state index contributed by atoms with van der Waals surface area (Å²) in [5.41, 5.74) is 25.1. The minimum atomic E-state index is -0.0000310. The van der Waals surface area contributed by atoms with Crippen molar-refractivity contribution in [2.24, 2.45) is 5.92 Å². The lowest BCUT2D eigenvalue weighted by Crippen LogP contribution is -2.17. The molecule has 0 radical (unpaired) electrons. The Kier molecular flexibility index (Phi) is 9.09. The van der Waals surface area contributed by atoms with E-state index in [1.165, 1.54) is 83.5 Å². The molecule has 302 valence electrons. The number of hydrogen-bond donors (Lipinski definition) is 0. The van der Waals surface area contributed by atoms with E-state index < -0.39 is 0 Å². The van der Waals surface area contributed by atoms with Crippen molar-refractivity contribution in [3.63, 3.8) is 0 Å². The zero-order chi connectivity index (χ0) is 42.2. The molecule has 4 aliphatic carbocycles. The summed E-state index contributed by atoms with van der Waals surface area (Å²) in [4.78, 5) is 2.39. The number of hydrogen-bond acceptors (Lipinski definition) is 1. The second-order valence-electron chi connectivity index (χ2n) is 19.0. The number of rotatable bonds is 7. The first kappa shape index (κ1) is 38.2. The maximum Gasteiger partial charge on any atom is 0.0462 e. The number of nitrogens with zero attached hydrogens (tertiary/aromatic N) is 1. The lowest BCUT2D eigenvalue weighted by Gasteiger charge is -2.27. The SMILES string of the molecule is CC1C=CC2=C(C1)c1ccc(-c3ccc(N(c4ccc(-c5ccc(-c6ccccc6)cc5)cc4)c4ccc(-c5ccc6c(c5)C(C)(C)C5=C6C=CCC5)cc4)cc3)cc1C2(C)C. The van der Waals surface area contributed by atoms with Crippen LogP contribution in [0.5, 0.6) is 0 Å². The Morgan fingerprint density at radius 2 is 0.919 bits per heavy atom. The highest BCUT2D eigenvalue weighted by molar-refractivity contribution is 5.89. The van der Waals surface area contributed by atoms with E-state index in [1.807, 2.05) is 0 Å². The summed E-state index contributed by atoms with van der Waals surface area (Å²) in [5, 5.41) is 0. The summed E-state index contributed by atoms with van der Waals surface area (Å²) in [5.74, 6) is 0.580. The molecule has 0 saturated heterocycles. The summed E-state index contributed by atoms with van der Waals surface area (Å²) in [6.07, 6.45) is 12.9. The fourth-order valence-corrected chi connectivity index (χ4v) is 10.9. The fourth-order valence-electron chi connectivity index (χ4n) is 10.9. The van der Waals surface area contributed by atoms with Gasteiger partial charge in [-0.3, -0.25) is 0 Å². The molecule has 0 heterocycles. The van der Waals surface area contributed by atoms with Crippen molar-refractivity contribution < 1.29 is 0 Å². The Balaban J connectivity index is 0.926. The van der Waals surface area contributed by atoms with Crippen LogP contribution in [0.1, 0.15) is 76.1 Å². The van der Waals surface area contributed by atoms with Crippen molar-refractivity contribution >= 4 is 28.2 Å². The molecule has 0 bridgehead atoms. The lowest BCUT2D eigenvalue weighted by atomic mass is 9.78. The van der Waals surface area contributed by atoms with Crippen LogP contribution in [0.3, 0.4) is 0 Å². The Hall–Kier alpha value is -6.70. The zero-order valence-corrected chi connectivity index (χ0v) is 36.5. The summed E-state index contributed by atoms with van der Waals surface area (Å²) in [6.45, 7) is 11.9. The van der Waals surface area contributed by atoms with E-state index in [0.717, 1.165) is 36.3 Å². The molecule has 62 heavy (non-hydrogen) atoms. The molecule has 0 aromatic heterocycles. The van der Waals surface area contributed by atoms with Gasteiger partial charge in [-0.15, -0.1) is 0 Å². The highest BCUT2D eigenvalue weighted by Gasteiger charge is 2.39. The first-order valence-electron chi connectivity index (χ1n) is 22.5. The van der Waals surface area contributed by atoms with Gasteiger partial charge >= 0.3 is 0 Å². The van der Waals surface area contributed by atoms with Crippen molar-refractivity contribution in [3.8, 4) is 44.5 Å². The van der Waals surface area contributed by atoms with Crippen LogP contribution in [0.25, 0.3) is 55.7 Å². The molecule has 0 saturated carbocycles. The maximum atomic E-state index is 2.45. The molecule has 7 aromatic carbocycles. The number of anilines is 3. The minimum Gasteiger partial charge on any atom is -0.311 e. The summed E-state index contributed by atoms with van der Waals surface area (Å²) in [7, 11) is 0. The molecule has 1 unspecified atom stereocenters. The van der Waals surface area contributed by atoms with Crippen molar-refractivity contribution in [1.82, 2.24) is 0 Å². The van der Waals surface area contributed by atoms with E-state index >= 15 is 0 Å². The van der Waals surface area contributed by atoms with Crippen LogP contribution in [-0.2, 0) is 10.8 Å². The first-order valence-corrected chi connectivity index (χ1v) is 22.5. The third-order valence-electron chi connectivity index (χ3n) is 14.4. The number of allylic oxidation sites excluding steroid dienone is 8. The van der Waals surface area contributed by atoms with Crippen LogP contribution >= 0.6 is 0 Å². The molecule has 11 rings (SSSR count). The third kappa shape index (κ3) is 6.37. The monoisotopic (exact) mass is 799 g/mol. The van der Waals surface area contributed by atoms with Crippen LogP contribution in [-0.4, -0.2) is 0 Å². The molecule has 1 nitrogen and oxygen atoms in total. The standard InChI is InChI=1S/C61H53N/c1-40-15-36-57-55(37-40)54-35-27-48(39-59(54)61(57,4)5)46-24-32-51(33-25-46)62(49-28-20-44(21-29-49)43-18-16-42(17-19-43)41-11-7-6-8-12-41)50-30-22-45(23-31-50)47-26-34-53-52-13-9-10-14-56(52)60(2,3)58(53)38-47/h6-9,11-13,15-36,38-40H,10,14,37H2,1-5H3. The molecule has 1 atom stereocenters. The summed E-state index contributed by atoms with van der Waals surface area (Å²) < 4.78 is 0. The predicted molar refractivity (Wildman–Crippen MR) is 264 cm³/mol. The van der Waals surface area contributed by atoms with Crippen LogP contribution in [0.4, 0.5) is 17.1 Å². The molecule has 7 aromatic rings.